The highest BCUT2D eigenvalue weighted by Gasteiger charge is 2.39. The lowest BCUT2D eigenvalue weighted by Gasteiger charge is -2.19. The van der Waals surface area contributed by atoms with Gasteiger partial charge in [-0.2, -0.15) is 13.2 Å². The third-order valence-corrected chi connectivity index (χ3v) is 5.57. The predicted molar refractivity (Wildman–Crippen MR) is 110 cm³/mol. The van der Waals surface area contributed by atoms with Gasteiger partial charge in [-0.3, -0.25) is 0 Å². The summed E-state index contributed by atoms with van der Waals surface area (Å²) in [5.74, 6) is 4.06. The maximum atomic E-state index is 13.7. The van der Waals surface area contributed by atoms with E-state index in [1.165, 1.54) is 18.2 Å². The molecule has 3 rings (SSSR count). The van der Waals surface area contributed by atoms with Crippen LogP contribution in [-0.2, 0) is 12.8 Å². The van der Waals surface area contributed by atoms with Crippen LogP contribution in [0, 0.1) is 0 Å². The Hall–Kier alpha value is -1.69. The fraction of sp³-hybridized carbons (Fsp3) is 0.333. The molecule has 1 atom stereocenters. The first-order chi connectivity index (χ1) is 13.2. The average molecular weight is 429 g/mol. The molecular weight excluding hydrogens is 408 g/mol. The minimum atomic E-state index is -4.46. The molecule has 150 valence electrons. The van der Waals surface area contributed by atoms with Crippen LogP contribution in [0.25, 0.3) is 6.08 Å². The molecule has 0 saturated heterocycles. The van der Waals surface area contributed by atoms with E-state index in [1.54, 1.807) is 11.1 Å². The van der Waals surface area contributed by atoms with E-state index < -0.39 is 12.1 Å². The summed E-state index contributed by atoms with van der Waals surface area (Å²) in [5.41, 5.74) is 3.36. The van der Waals surface area contributed by atoms with Crippen molar-refractivity contribution >= 4 is 35.0 Å². The summed E-state index contributed by atoms with van der Waals surface area (Å²) >= 11 is 12.4. The van der Waals surface area contributed by atoms with E-state index in [1.807, 2.05) is 19.1 Å². The number of nitrogens with two attached hydrogens (primary N) is 1. The van der Waals surface area contributed by atoms with Gasteiger partial charge < -0.3 is 5.01 Å². The molecule has 0 bridgehead atoms. The average Bonchev–Trinajstić information content (AvgIpc) is 2.98. The molecule has 28 heavy (non-hydrogen) atoms. The molecule has 1 aliphatic rings. The minimum absolute atomic E-state index is 0.0351. The third kappa shape index (κ3) is 4.48. The molecular formula is C21H21Cl2F3N2. The van der Waals surface area contributed by atoms with Crippen LogP contribution in [0.1, 0.15) is 41.5 Å². The maximum absolute atomic E-state index is 13.7. The van der Waals surface area contributed by atoms with Crippen LogP contribution in [0.15, 0.2) is 36.4 Å². The molecule has 0 fully saturated rings. The van der Waals surface area contributed by atoms with Gasteiger partial charge in [0.05, 0.1) is 11.6 Å². The molecule has 2 N–H and O–H groups in total. The SMILES string of the molecule is CCCc1c(Cl)cc(C(/C=C/c2ccc3c(c2)CCN3N)C(F)(F)F)cc1Cl. The Bertz CT molecular complexity index is 871. The van der Waals surface area contributed by atoms with Crippen molar-refractivity contribution in [1.82, 2.24) is 0 Å². The zero-order valence-corrected chi connectivity index (χ0v) is 16.9. The molecule has 2 nitrogen and oxygen atoms in total. The first-order valence-electron chi connectivity index (χ1n) is 9.08. The lowest BCUT2D eigenvalue weighted by Crippen LogP contribution is -2.27. The number of hydrazine groups is 1. The van der Waals surface area contributed by atoms with Gasteiger partial charge in [0.1, 0.15) is 0 Å². The Labute approximate surface area is 172 Å². The van der Waals surface area contributed by atoms with Gasteiger partial charge in [-0.05, 0) is 59.4 Å². The van der Waals surface area contributed by atoms with Gasteiger partial charge in [0.25, 0.3) is 0 Å². The van der Waals surface area contributed by atoms with E-state index in [9.17, 15) is 13.2 Å². The van der Waals surface area contributed by atoms with E-state index >= 15 is 0 Å². The Morgan fingerprint density at radius 1 is 1.18 bits per heavy atom. The van der Waals surface area contributed by atoms with Crippen molar-refractivity contribution in [2.45, 2.75) is 38.3 Å². The van der Waals surface area contributed by atoms with Crippen LogP contribution in [-0.4, -0.2) is 12.7 Å². The van der Waals surface area contributed by atoms with Crippen molar-refractivity contribution in [3.63, 3.8) is 0 Å². The molecule has 0 spiro atoms. The van der Waals surface area contributed by atoms with Gasteiger partial charge in [-0.1, -0.05) is 54.8 Å². The number of halogens is 5. The van der Waals surface area contributed by atoms with Crippen LogP contribution in [0.2, 0.25) is 10.0 Å². The van der Waals surface area contributed by atoms with Crippen molar-refractivity contribution in [3.8, 4) is 0 Å². The predicted octanol–water partition coefficient (Wildman–Crippen LogP) is 6.54. The van der Waals surface area contributed by atoms with Crippen LogP contribution in [0.3, 0.4) is 0 Å². The van der Waals surface area contributed by atoms with E-state index in [0.717, 1.165) is 30.2 Å². The molecule has 7 heteroatoms. The number of hydrogen-bond donors (Lipinski definition) is 1. The number of allylic oxidation sites excluding steroid dienone is 1. The number of hydrogen-bond acceptors (Lipinski definition) is 2. The topological polar surface area (TPSA) is 29.3 Å². The van der Waals surface area contributed by atoms with Crippen molar-refractivity contribution in [1.29, 1.82) is 0 Å². The Morgan fingerprint density at radius 2 is 1.86 bits per heavy atom. The number of alkyl halides is 3. The standard InChI is InChI=1S/C21H21Cl2F3N2/c1-2-3-16-18(22)11-15(12-19(16)23)17(21(24,25)26)6-4-13-5-7-20-14(10-13)8-9-28(20)27/h4-7,10-12,17H,2-3,8-9,27H2,1H3/b6-4+. The molecule has 2 aromatic rings. The van der Waals surface area contributed by atoms with Crippen LogP contribution in [0.5, 0.6) is 0 Å². The summed E-state index contributed by atoms with van der Waals surface area (Å²) in [4.78, 5) is 0. The second-order valence-electron chi connectivity index (χ2n) is 6.92. The number of fused-ring (bicyclic) bond motifs is 1. The molecule has 1 aliphatic heterocycles. The van der Waals surface area contributed by atoms with Gasteiger partial charge >= 0.3 is 6.18 Å². The molecule has 1 unspecified atom stereocenters. The molecule has 0 amide bonds. The summed E-state index contributed by atoms with van der Waals surface area (Å²) in [6.45, 7) is 2.66. The van der Waals surface area contributed by atoms with Crippen LogP contribution >= 0.6 is 23.2 Å². The smallest absolute Gasteiger partial charge is 0.310 e. The maximum Gasteiger partial charge on any atom is 0.399 e. The summed E-state index contributed by atoms with van der Waals surface area (Å²) in [7, 11) is 0. The molecule has 1 heterocycles. The lowest BCUT2D eigenvalue weighted by atomic mass is 9.95. The number of rotatable bonds is 5. The van der Waals surface area contributed by atoms with Crippen LogP contribution < -0.4 is 10.9 Å². The van der Waals surface area contributed by atoms with E-state index in [4.69, 9.17) is 29.0 Å². The molecule has 0 aliphatic carbocycles. The van der Waals surface area contributed by atoms with Crippen molar-refractivity contribution in [3.05, 3.63) is 68.7 Å². The monoisotopic (exact) mass is 428 g/mol. The first kappa shape index (κ1) is 21.0. The number of anilines is 1. The van der Waals surface area contributed by atoms with E-state index in [2.05, 4.69) is 0 Å². The lowest BCUT2D eigenvalue weighted by molar-refractivity contribution is -0.139. The summed E-state index contributed by atoms with van der Waals surface area (Å²) in [5, 5.41) is 2.18. The fourth-order valence-corrected chi connectivity index (χ4v) is 4.15. The molecule has 0 saturated carbocycles. The first-order valence-corrected chi connectivity index (χ1v) is 9.84. The van der Waals surface area contributed by atoms with Gasteiger partial charge in [0, 0.05) is 16.6 Å². The Morgan fingerprint density at radius 3 is 2.46 bits per heavy atom. The Balaban J connectivity index is 1.93. The van der Waals surface area contributed by atoms with Gasteiger partial charge in [0.2, 0.25) is 0 Å². The summed E-state index contributed by atoms with van der Waals surface area (Å²) in [6, 6.07) is 8.21. The molecule has 0 radical (unpaired) electrons. The zero-order chi connectivity index (χ0) is 20.5. The largest absolute Gasteiger partial charge is 0.399 e. The summed E-state index contributed by atoms with van der Waals surface area (Å²) in [6.07, 6.45) is 0.385. The van der Waals surface area contributed by atoms with E-state index in [0.29, 0.717) is 24.1 Å². The summed E-state index contributed by atoms with van der Waals surface area (Å²) < 4.78 is 41.2. The van der Waals surface area contributed by atoms with Crippen LogP contribution in [0.4, 0.5) is 18.9 Å². The highest BCUT2D eigenvalue weighted by atomic mass is 35.5. The van der Waals surface area contributed by atoms with Gasteiger partial charge in [-0.25, -0.2) is 5.84 Å². The quantitative estimate of drug-likeness (QED) is 0.547. The highest BCUT2D eigenvalue weighted by molar-refractivity contribution is 6.36. The number of benzene rings is 2. The zero-order valence-electron chi connectivity index (χ0n) is 15.4. The second-order valence-corrected chi connectivity index (χ2v) is 7.74. The highest BCUT2D eigenvalue weighted by Crippen LogP contribution is 2.40. The van der Waals surface area contributed by atoms with Gasteiger partial charge in [0.15, 0.2) is 0 Å². The van der Waals surface area contributed by atoms with E-state index in [-0.39, 0.29) is 15.6 Å². The minimum Gasteiger partial charge on any atom is -0.310 e. The van der Waals surface area contributed by atoms with Gasteiger partial charge in [-0.15, -0.1) is 0 Å². The van der Waals surface area contributed by atoms with Crippen molar-refractivity contribution in [2.75, 3.05) is 11.6 Å². The fourth-order valence-electron chi connectivity index (χ4n) is 3.46. The third-order valence-electron chi connectivity index (χ3n) is 4.89. The van der Waals surface area contributed by atoms with Crippen molar-refractivity contribution < 1.29 is 13.2 Å². The molecule has 0 aromatic heterocycles. The molecule has 2 aromatic carbocycles. The number of nitrogens with zero attached hydrogens (tertiary/aromatic N) is 1. The Kier molecular flexibility index (Phi) is 6.28. The normalized spacial score (nSPS) is 15.3. The second kappa shape index (κ2) is 8.36. The van der Waals surface area contributed by atoms with Crippen molar-refractivity contribution in [2.24, 2.45) is 5.84 Å².